The van der Waals surface area contributed by atoms with Gasteiger partial charge in [-0.3, -0.25) is 0 Å². The molecule has 1 unspecified atom stereocenters. The van der Waals surface area contributed by atoms with E-state index in [1.54, 1.807) is 28.9 Å². The average Bonchev–Trinajstić information content (AvgIpc) is 3.22. The third-order valence-electron chi connectivity index (χ3n) is 5.37. The molecule has 0 saturated carbocycles. The summed E-state index contributed by atoms with van der Waals surface area (Å²) in [6.07, 6.45) is 3.12. The molecule has 0 amide bonds. The first-order valence-corrected chi connectivity index (χ1v) is 9.86. The van der Waals surface area contributed by atoms with Gasteiger partial charge in [-0.1, -0.05) is 12.1 Å². The Hall–Kier alpha value is -4.13. The number of hydrogen-bond acceptors (Lipinski definition) is 8. The van der Waals surface area contributed by atoms with Gasteiger partial charge in [0.1, 0.15) is 17.7 Å². The molecular weight excluding hydrogens is 397 g/mol. The summed E-state index contributed by atoms with van der Waals surface area (Å²) in [4.78, 5) is 12.7. The first-order valence-electron chi connectivity index (χ1n) is 9.86. The van der Waals surface area contributed by atoms with Crippen LogP contribution in [0.25, 0.3) is 17.0 Å². The van der Waals surface area contributed by atoms with Gasteiger partial charge in [0.25, 0.3) is 0 Å². The van der Waals surface area contributed by atoms with E-state index in [4.69, 9.17) is 5.10 Å². The van der Waals surface area contributed by atoms with Crippen molar-refractivity contribution < 1.29 is 4.39 Å². The van der Waals surface area contributed by atoms with Crippen LogP contribution >= 0.6 is 0 Å². The maximum Gasteiger partial charge on any atom is 0.188 e. The van der Waals surface area contributed by atoms with Crippen molar-refractivity contribution in [2.45, 2.75) is 13.0 Å². The molecule has 10 heteroatoms. The van der Waals surface area contributed by atoms with E-state index in [1.807, 2.05) is 12.1 Å². The molecular formula is C21H18FN9. The zero-order valence-corrected chi connectivity index (χ0v) is 16.7. The molecule has 1 aliphatic heterocycles. The van der Waals surface area contributed by atoms with Gasteiger partial charge in [0.05, 0.1) is 5.56 Å². The van der Waals surface area contributed by atoms with Gasteiger partial charge in [0, 0.05) is 38.1 Å². The van der Waals surface area contributed by atoms with Crippen LogP contribution < -0.4 is 9.80 Å². The van der Waals surface area contributed by atoms with E-state index in [0.717, 1.165) is 5.82 Å². The number of nitrogens with zero attached hydrogens (tertiary/aromatic N) is 9. The predicted molar refractivity (Wildman–Crippen MR) is 112 cm³/mol. The summed E-state index contributed by atoms with van der Waals surface area (Å²) in [5, 5.41) is 22.3. The summed E-state index contributed by atoms with van der Waals surface area (Å²) in [6, 6.07) is 12.4. The first-order chi connectivity index (χ1) is 15.2. The van der Waals surface area contributed by atoms with E-state index in [1.165, 1.54) is 12.3 Å². The molecule has 4 heterocycles. The van der Waals surface area contributed by atoms with Crippen LogP contribution in [-0.4, -0.2) is 55.5 Å². The second-order valence-corrected chi connectivity index (χ2v) is 7.29. The average molecular weight is 415 g/mol. The van der Waals surface area contributed by atoms with E-state index < -0.39 is 0 Å². The van der Waals surface area contributed by atoms with Crippen LogP contribution in [0.2, 0.25) is 0 Å². The van der Waals surface area contributed by atoms with Gasteiger partial charge >= 0.3 is 0 Å². The standard InChI is InChI=1S/C21H18FN9/c1-14-13-29(21-17(12-23)24-8-9-25-21)10-11-30(14)19-7-6-18-26-27-20(31(18)28-19)15-4-2-3-5-16(15)22/h2-9,14H,10-11,13H2,1H3. The van der Waals surface area contributed by atoms with Crippen LogP contribution in [0.15, 0.2) is 48.8 Å². The van der Waals surface area contributed by atoms with Crippen LogP contribution in [0.3, 0.4) is 0 Å². The van der Waals surface area contributed by atoms with Crippen molar-refractivity contribution in [2.24, 2.45) is 0 Å². The Morgan fingerprint density at radius 1 is 1.06 bits per heavy atom. The quantitative estimate of drug-likeness (QED) is 0.503. The minimum absolute atomic E-state index is 0.0978. The Bertz CT molecular complexity index is 1300. The predicted octanol–water partition coefficient (Wildman–Crippen LogP) is 2.31. The maximum absolute atomic E-state index is 14.3. The minimum atomic E-state index is -0.372. The van der Waals surface area contributed by atoms with Crippen molar-refractivity contribution in [3.05, 3.63) is 60.3 Å². The molecule has 5 rings (SSSR count). The van der Waals surface area contributed by atoms with Gasteiger partial charge in [-0.25, -0.2) is 14.4 Å². The fourth-order valence-electron chi connectivity index (χ4n) is 3.87. The second-order valence-electron chi connectivity index (χ2n) is 7.29. The van der Waals surface area contributed by atoms with Gasteiger partial charge in [0.2, 0.25) is 0 Å². The molecule has 3 aromatic heterocycles. The SMILES string of the molecule is CC1CN(c2nccnc2C#N)CCN1c1ccc2nnc(-c3ccccc3F)n2n1. The fraction of sp³-hybridized carbons (Fsp3) is 0.238. The monoisotopic (exact) mass is 415 g/mol. The fourth-order valence-corrected chi connectivity index (χ4v) is 3.87. The molecule has 1 aromatic carbocycles. The number of nitriles is 1. The topological polar surface area (TPSA) is 99.1 Å². The third kappa shape index (κ3) is 3.30. The Kier molecular flexibility index (Phi) is 4.63. The van der Waals surface area contributed by atoms with Crippen molar-refractivity contribution in [2.75, 3.05) is 29.4 Å². The summed E-state index contributed by atoms with van der Waals surface area (Å²) in [5.41, 5.74) is 1.22. The Morgan fingerprint density at radius 3 is 2.71 bits per heavy atom. The van der Waals surface area contributed by atoms with Crippen LogP contribution in [0.5, 0.6) is 0 Å². The lowest BCUT2D eigenvalue weighted by Crippen LogP contribution is -2.53. The van der Waals surface area contributed by atoms with E-state index in [9.17, 15) is 9.65 Å². The number of fused-ring (bicyclic) bond motifs is 1. The zero-order chi connectivity index (χ0) is 21.4. The molecule has 0 radical (unpaired) electrons. The van der Waals surface area contributed by atoms with E-state index in [2.05, 4.69) is 43.0 Å². The van der Waals surface area contributed by atoms with E-state index in [0.29, 0.717) is 48.2 Å². The molecule has 31 heavy (non-hydrogen) atoms. The van der Waals surface area contributed by atoms with Crippen LogP contribution in [0, 0.1) is 17.1 Å². The lowest BCUT2D eigenvalue weighted by Gasteiger charge is -2.41. The van der Waals surface area contributed by atoms with E-state index >= 15 is 0 Å². The highest BCUT2D eigenvalue weighted by atomic mass is 19.1. The molecule has 4 aromatic rings. The van der Waals surface area contributed by atoms with Gasteiger partial charge in [-0.2, -0.15) is 9.78 Å². The number of piperazine rings is 1. The smallest absolute Gasteiger partial charge is 0.188 e. The van der Waals surface area contributed by atoms with Crippen molar-refractivity contribution >= 4 is 17.3 Å². The number of anilines is 2. The molecule has 0 bridgehead atoms. The normalized spacial score (nSPS) is 16.5. The molecule has 0 spiro atoms. The summed E-state index contributed by atoms with van der Waals surface area (Å²) >= 11 is 0. The Morgan fingerprint density at radius 2 is 1.90 bits per heavy atom. The maximum atomic E-state index is 14.3. The van der Waals surface area contributed by atoms with Crippen molar-refractivity contribution in [1.82, 2.24) is 29.8 Å². The highest BCUT2D eigenvalue weighted by Gasteiger charge is 2.28. The highest BCUT2D eigenvalue weighted by Crippen LogP contribution is 2.25. The van der Waals surface area contributed by atoms with Gasteiger partial charge < -0.3 is 9.80 Å². The number of benzene rings is 1. The van der Waals surface area contributed by atoms with Crippen molar-refractivity contribution in [3.63, 3.8) is 0 Å². The van der Waals surface area contributed by atoms with E-state index in [-0.39, 0.29) is 11.9 Å². The molecule has 1 atom stereocenters. The second kappa shape index (κ2) is 7.60. The van der Waals surface area contributed by atoms with Gasteiger partial charge in [-0.05, 0) is 31.2 Å². The summed E-state index contributed by atoms with van der Waals surface area (Å²) in [5.74, 6) is 1.33. The number of rotatable bonds is 3. The van der Waals surface area contributed by atoms with Crippen molar-refractivity contribution in [3.8, 4) is 17.5 Å². The number of halogens is 1. The number of hydrogen-bond donors (Lipinski definition) is 0. The number of aromatic nitrogens is 6. The molecule has 1 fully saturated rings. The molecule has 1 aliphatic rings. The largest absolute Gasteiger partial charge is 0.350 e. The Labute approximate surface area is 177 Å². The van der Waals surface area contributed by atoms with Crippen LogP contribution in [0.1, 0.15) is 12.6 Å². The summed E-state index contributed by atoms with van der Waals surface area (Å²) in [6.45, 7) is 4.10. The van der Waals surface area contributed by atoms with Crippen molar-refractivity contribution in [1.29, 1.82) is 5.26 Å². The first kappa shape index (κ1) is 18.9. The lowest BCUT2D eigenvalue weighted by atomic mass is 10.2. The molecule has 0 aliphatic carbocycles. The van der Waals surface area contributed by atoms with Gasteiger partial charge in [-0.15, -0.1) is 15.3 Å². The summed E-state index contributed by atoms with van der Waals surface area (Å²) < 4.78 is 15.9. The molecule has 154 valence electrons. The zero-order valence-electron chi connectivity index (χ0n) is 16.7. The third-order valence-corrected chi connectivity index (χ3v) is 5.37. The lowest BCUT2D eigenvalue weighted by molar-refractivity contribution is 0.538. The van der Waals surface area contributed by atoms with Crippen LogP contribution in [0.4, 0.5) is 16.0 Å². The Balaban J connectivity index is 1.45. The molecule has 9 nitrogen and oxygen atoms in total. The van der Waals surface area contributed by atoms with Crippen LogP contribution in [-0.2, 0) is 0 Å². The summed E-state index contributed by atoms with van der Waals surface area (Å²) in [7, 11) is 0. The highest BCUT2D eigenvalue weighted by molar-refractivity contribution is 5.60. The molecule has 0 N–H and O–H groups in total. The molecule has 1 saturated heterocycles. The van der Waals surface area contributed by atoms with Gasteiger partial charge in [0.15, 0.2) is 23.0 Å². The minimum Gasteiger partial charge on any atom is -0.350 e.